The zero-order valence-corrected chi connectivity index (χ0v) is 12.6. The van der Waals surface area contributed by atoms with Crippen molar-refractivity contribution in [2.75, 3.05) is 13.2 Å². The lowest BCUT2D eigenvalue weighted by atomic mass is 10.1. The molecule has 0 fully saturated rings. The molecular weight excluding hydrogens is 304 g/mol. The molecule has 1 N–H and O–H groups in total. The Morgan fingerprint density at radius 2 is 2.18 bits per heavy atom. The van der Waals surface area contributed by atoms with Crippen molar-refractivity contribution in [3.8, 4) is 11.5 Å². The molecule has 0 spiro atoms. The van der Waals surface area contributed by atoms with Crippen LogP contribution in [0.3, 0.4) is 0 Å². The van der Waals surface area contributed by atoms with Crippen LogP contribution in [-0.4, -0.2) is 24.1 Å². The number of amides is 1. The van der Waals surface area contributed by atoms with E-state index in [1.165, 1.54) is 0 Å². The number of benzene rings is 1. The minimum atomic E-state index is -0.221. The lowest BCUT2D eigenvalue weighted by Gasteiger charge is -2.11. The zero-order valence-electron chi connectivity index (χ0n) is 11.8. The first kappa shape index (κ1) is 14.7. The molecule has 5 nitrogen and oxygen atoms in total. The summed E-state index contributed by atoms with van der Waals surface area (Å²) in [6.07, 6.45) is 4.18. The maximum Gasteiger partial charge on any atom is 0.251 e. The van der Waals surface area contributed by atoms with Gasteiger partial charge in [-0.1, -0.05) is 17.7 Å². The molecule has 0 bridgehead atoms. The van der Waals surface area contributed by atoms with E-state index in [1.54, 1.807) is 24.5 Å². The standard InChI is InChI=1S/C16H15ClN2O3/c17-13-7-12(8-14-15(13)22-6-2-5-21-14)16(20)19-10-11-3-1-4-18-9-11/h1,3-4,7-9H,2,5-6,10H2,(H,19,20). The number of ether oxygens (including phenoxy) is 2. The molecular formula is C16H15ClN2O3. The molecule has 0 unspecified atom stereocenters. The summed E-state index contributed by atoms with van der Waals surface area (Å²) in [6.45, 7) is 1.50. The van der Waals surface area contributed by atoms with Crippen molar-refractivity contribution < 1.29 is 14.3 Å². The van der Waals surface area contributed by atoms with Gasteiger partial charge in [0, 0.05) is 30.9 Å². The third-order valence-electron chi connectivity index (χ3n) is 3.24. The summed E-state index contributed by atoms with van der Waals surface area (Å²) in [7, 11) is 0. The van der Waals surface area contributed by atoms with E-state index in [0.717, 1.165) is 12.0 Å². The number of fused-ring (bicyclic) bond motifs is 1. The van der Waals surface area contributed by atoms with Gasteiger partial charge in [0.25, 0.3) is 5.91 Å². The summed E-state index contributed by atoms with van der Waals surface area (Å²) < 4.78 is 11.1. The van der Waals surface area contributed by atoms with E-state index in [1.807, 2.05) is 12.1 Å². The zero-order chi connectivity index (χ0) is 15.4. The van der Waals surface area contributed by atoms with E-state index >= 15 is 0 Å². The van der Waals surface area contributed by atoms with Crippen LogP contribution >= 0.6 is 11.6 Å². The average Bonchev–Trinajstić information content (AvgIpc) is 2.79. The van der Waals surface area contributed by atoms with Crippen molar-refractivity contribution in [3.05, 3.63) is 52.8 Å². The SMILES string of the molecule is O=C(NCc1cccnc1)c1cc(Cl)c2c(c1)OCCCO2. The van der Waals surface area contributed by atoms with E-state index in [0.29, 0.717) is 41.8 Å². The summed E-state index contributed by atoms with van der Waals surface area (Å²) >= 11 is 6.19. The minimum Gasteiger partial charge on any atom is -0.489 e. The number of aromatic nitrogens is 1. The third-order valence-corrected chi connectivity index (χ3v) is 3.52. The quantitative estimate of drug-likeness (QED) is 0.945. The number of nitrogens with one attached hydrogen (secondary N) is 1. The largest absolute Gasteiger partial charge is 0.489 e. The predicted octanol–water partition coefficient (Wildman–Crippen LogP) is 2.83. The van der Waals surface area contributed by atoms with Gasteiger partial charge in [0.15, 0.2) is 11.5 Å². The predicted molar refractivity (Wildman–Crippen MR) is 82.5 cm³/mol. The highest BCUT2D eigenvalue weighted by molar-refractivity contribution is 6.32. The Balaban J connectivity index is 1.75. The van der Waals surface area contributed by atoms with E-state index in [9.17, 15) is 4.79 Å². The maximum absolute atomic E-state index is 12.3. The number of carbonyl (C=O) groups excluding carboxylic acids is 1. The molecule has 2 heterocycles. The molecule has 0 saturated carbocycles. The fourth-order valence-electron chi connectivity index (χ4n) is 2.15. The number of hydrogen-bond donors (Lipinski definition) is 1. The molecule has 0 aliphatic carbocycles. The van der Waals surface area contributed by atoms with Crippen LogP contribution in [0, 0.1) is 0 Å². The lowest BCUT2D eigenvalue weighted by Crippen LogP contribution is -2.22. The van der Waals surface area contributed by atoms with Gasteiger partial charge in [-0.2, -0.15) is 0 Å². The van der Waals surface area contributed by atoms with Gasteiger partial charge in [-0.15, -0.1) is 0 Å². The number of carbonyl (C=O) groups is 1. The fraction of sp³-hybridized carbons (Fsp3) is 0.250. The highest BCUT2D eigenvalue weighted by Gasteiger charge is 2.18. The van der Waals surface area contributed by atoms with Crippen molar-refractivity contribution >= 4 is 17.5 Å². The van der Waals surface area contributed by atoms with E-state index in [-0.39, 0.29) is 5.91 Å². The fourth-order valence-corrected chi connectivity index (χ4v) is 2.41. The number of rotatable bonds is 3. The monoisotopic (exact) mass is 318 g/mol. The number of hydrogen-bond acceptors (Lipinski definition) is 4. The Bertz CT molecular complexity index is 677. The molecule has 2 aromatic rings. The number of pyridine rings is 1. The molecule has 0 radical (unpaired) electrons. The van der Waals surface area contributed by atoms with Crippen molar-refractivity contribution in [1.29, 1.82) is 0 Å². The second-order valence-corrected chi connectivity index (χ2v) is 5.29. The minimum absolute atomic E-state index is 0.221. The second-order valence-electron chi connectivity index (χ2n) is 4.88. The van der Waals surface area contributed by atoms with Crippen LogP contribution in [0.15, 0.2) is 36.7 Å². The van der Waals surface area contributed by atoms with Crippen LogP contribution < -0.4 is 14.8 Å². The Hall–Kier alpha value is -2.27. The summed E-state index contributed by atoms with van der Waals surface area (Å²) in [5, 5.41) is 3.21. The van der Waals surface area contributed by atoms with Crippen LogP contribution in [0.5, 0.6) is 11.5 Å². The molecule has 0 atom stereocenters. The summed E-state index contributed by atoms with van der Waals surface area (Å²) in [5.41, 5.74) is 1.37. The molecule has 1 aliphatic rings. The van der Waals surface area contributed by atoms with Crippen molar-refractivity contribution in [2.24, 2.45) is 0 Å². The highest BCUT2D eigenvalue weighted by Crippen LogP contribution is 2.37. The Labute approximate surface area is 133 Å². The summed E-state index contributed by atoms with van der Waals surface area (Å²) in [5.74, 6) is 0.793. The van der Waals surface area contributed by atoms with E-state index < -0.39 is 0 Å². The average molecular weight is 319 g/mol. The first-order chi connectivity index (χ1) is 10.7. The molecule has 1 aromatic carbocycles. The van der Waals surface area contributed by atoms with Crippen molar-refractivity contribution in [3.63, 3.8) is 0 Å². The number of halogens is 1. The van der Waals surface area contributed by atoms with Gasteiger partial charge in [-0.05, 0) is 23.8 Å². The smallest absolute Gasteiger partial charge is 0.251 e. The lowest BCUT2D eigenvalue weighted by molar-refractivity contribution is 0.0950. The van der Waals surface area contributed by atoms with Gasteiger partial charge >= 0.3 is 0 Å². The van der Waals surface area contributed by atoms with Gasteiger partial charge in [-0.3, -0.25) is 9.78 Å². The van der Waals surface area contributed by atoms with Crippen molar-refractivity contribution in [1.82, 2.24) is 10.3 Å². The van der Waals surface area contributed by atoms with Gasteiger partial charge in [-0.25, -0.2) is 0 Å². The van der Waals surface area contributed by atoms with E-state index in [4.69, 9.17) is 21.1 Å². The molecule has 0 saturated heterocycles. The van der Waals surface area contributed by atoms with Gasteiger partial charge < -0.3 is 14.8 Å². The second kappa shape index (κ2) is 6.66. The van der Waals surface area contributed by atoms with E-state index in [2.05, 4.69) is 10.3 Å². The molecule has 1 aromatic heterocycles. The molecule has 1 amide bonds. The topological polar surface area (TPSA) is 60.5 Å². The number of nitrogens with zero attached hydrogens (tertiary/aromatic N) is 1. The van der Waals surface area contributed by atoms with Crippen LogP contribution in [0.25, 0.3) is 0 Å². The molecule has 6 heteroatoms. The maximum atomic E-state index is 12.3. The summed E-state index contributed by atoms with van der Waals surface area (Å²) in [4.78, 5) is 16.3. The van der Waals surface area contributed by atoms with Gasteiger partial charge in [0.2, 0.25) is 0 Å². The Kier molecular flexibility index (Phi) is 4.44. The molecule has 114 valence electrons. The molecule has 3 rings (SSSR count). The Morgan fingerprint density at radius 3 is 3.00 bits per heavy atom. The third kappa shape index (κ3) is 3.31. The van der Waals surface area contributed by atoms with Crippen LogP contribution in [0.2, 0.25) is 5.02 Å². The molecule has 22 heavy (non-hydrogen) atoms. The molecule has 1 aliphatic heterocycles. The first-order valence-electron chi connectivity index (χ1n) is 7.00. The van der Waals surface area contributed by atoms with Crippen LogP contribution in [-0.2, 0) is 6.54 Å². The van der Waals surface area contributed by atoms with Crippen LogP contribution in [0.1, 0.15) is 22.3 Å². The first-order valence-corrected chi connectivity index (χ1v) is 7.38. The highest BCUT2D eigenvalue weighted by atomic mass is 35.5. The normalized spacial score (nSPS) is 13.3. The van der Waals surface area contributed by atoms with Crippen LogP contribution in [0.4, 0.5) is 0 Å². The van der Waals surface area contributed by atoms with Crippen molar-refractivity contribution in [2.45, 2.75) is 13.0 Å². The Morgan fingerprint density at radius 1 is 1.32 bits per heavy atom. The van der Waals surface area contributed by atoms with Gasteiger partial charge in [0.1, 0.15) is 0 Å². The van der Waals surface area contributed by atoms with Gasteiger partial charge in [0.05, 0.1) is 18.2 Å². The summed E-state index contributed by atoms with van der Waals surface area (Å²) in [6, 6.07) is 6.97.